The topological polar surface area (TPSA) is 75.7 Å². The molecule has 1 fully saturated rings. The fourth-order valence-corrected chi connectivity index (χ4v) is 5.60. The fraction of sp³-hybridized carbons (Fsp3) is 0.417. The maximum atomic E-state index is 12.9. The lowest BCUT2D eigenvalue weighted by Crippen LogP contribution is -2.53. The molecule has 33 heavy (non-hydrogen) atoms. The van der Waals surface area contributed by atoms with Gasteiger partial charge in [0.1, 0.15) is 10.5 Å². The number of aryl methyl sites for hydroxylation is 3. The Labute approximate surface area is 196 Å². The Hall–Kier alpha value is -3.20. The molecule has 1 amide bonds. The molecule has 0 saturated carbocycles. The predicted molar refractivity (Wildman–Crippen MR) is 131 cm³/mol. The Morgan fingerprint density at radius 1 is 1.21 bits per heavy atom. The van der Waals surface area contributed by atoms with Crippen molar-refractivity contribution >= 4 is 38.9 Å². The van der Waals surface area contributed by atoms with Crippen molar-refractivity contribution < 1.29 is 4.79 Å². The molecule has 0 spiro atoms. The Morgan fingerprint density at radius 2 is 2.06 bits per heavy atom. The minimum absolute atomic E-state index is 0.0550. The second kappa shape index (κ2) is 8.62. The Bertz CT molecular complexity index is 1390. The molecule has 0 N–H and O–H groups in total. The van der Waals surface area contributed by atoms with Gasteiger partial charge in [0, 0.05) is 51.3 Å². The van der Waals surface area contributed by atoms with Gasteiger partial charge in [-0.1, -0.05) is 12.1 Å². The van der Waals surface area contributed by atoms with Crippen LogP contribution in [-0.2, 0) is 18.3 Å². The second-order valence-electron chi connectivity index (χ2n) is 8.83. The molecule has 1 aliphatic heterocycles. The van der Waals surface area contributed by atoms with Gasteiger partial charge in [0.2, 0.25) is 11.7 Å². The molecule has 3 aromatic heterocycles. The number of nitrogens with zero attached hydrogens (tertiary/aromatic N) is 6. The average molecular weight is 465 g/mol. The largest absolute Gasteiger partial charge is 0.365 e. The van der Waals surface area contributed by atoms with E-state index in [1.54, 1.807) is 7.05 Å². The van der Waals surface area contributed by atoms with E-state index in [9.17, 15) is 9.59 Å². The van der Waals surface area contributed by atoms with Crippen molar-refractivity contribution in [1.29, 1.82) is 0 Å². The zero-order chi connectivity index (χ0) is 23.1. The summed E-state index contributed by atoms with van der Waals surface area (Å²) in [5.74, 6) is 1.51. The van der Waals surface area contributed by atoms with Crippen LogP contribution < -0.4 is 10.5 Å². The van der Waals surface area contributed by atoms with Crippen LogP contribution in [0.15, 0.2) is 40.5 Å². The first kappa shape index (κ1) is 21.6. The first-order valence-corrected chi connectivity index (χ1v) is 12.2. The van der Waals surface area contributed by atoms with Crippen LogP contribution in [0, 0.1) is 6.92 Å². The molecule has 1 saturated heterocycles. The molecule has 4 aromatic rings. The molecule has 172 valence electrons. The maximum absolute atomic E-state index is 12.9. The van der Waals surface area contributed by atoms with Crippen molar-refractivity contribution in [2.75, 3.05) is 24.5 Å². The lowest BCUT2D eigenvalue weighted by molar-refractivity contribution is -0.132. The van der Waals surface area contributed by atoms with Crippen molar-refractivity contribution in [3.8, 4) is 0 Å². The van der Waals surface area contributed by atoms with Crippen LogP contribution in [0.2, 0.25) is 0 Å². The number of benzene rings is 1. The summed E-state index contributed by atoms with van der Waals surface area (Å²) in [6.45, 7) is 6.60. The molecule has 0 radical (unpaired) electrons. The summed E-state index contributed by atoms with van der Waals surface area (Å²) in [5, 5.41) is 10.5. The molecule has 0 aliphatic carbocycles. The molecule has 0 bridgehead atoms. The van der Waals surface area contributed by atoms with E-state index in [2.05, 4.69) is 53.2 Å². The Morgan fingerprint density at radius 3 is 2.85 bits per heavy atom. The molecule has 1 aliphatic rings. The smallest absolute Gasteiger partial charge is 0.272 e. The summed E-state index contributed by atoms with van der Waals surface area (Å²) in [6, 6.07) is 10.8. The first-order valence-electron chi connectivity index (χ1n) is 11.4. The van der Waals surface area contributed by atoms with Gasteiger partial charge in [0.25, 0.3) is 5.56 Å². The molecule has 9 heteroatoms. The molecule has 0 unspecified atom stereocenters. The number of anilines is 1. The number of hydrogen-bond acceptors (Lipinski definition) is 6. The minimum Gasteiger partial charge on any atom is -0.365 e. The van der Waals surface area contributed by atoms with E-state index in [0.717, 1.165) is 31.0 Å². The lowest BCUT2D eigenvalue weighted by atomic mass is 10.1. The minimum atomic E-state index is -0.0550. The SMILES string of the molecule is Cc1cccc(N2CCN(C(=O)CCCc3nnc4n(C)c(=O)c5sccc5n34)C[C@H]2C)c1. The summed E-state index contributed by atoms with van der Waals surface area (Å²) in [5.41, 5.74) is 3.26. The van der Waals surface area contributed by atoms with Crippen molar-refractivity contribution in [3.05, 3.63) is 57.5 Å². The van der Waals surface area contributed by atoms with Crippen LogP contribution in [0.5, 0.6) is 0 Å². The van der Waals surface area contributed by atoms with Gasteiger partial charge < -0.3 is 9.80 Å². The van der Waals surface area contributed by atoms with Crippen LogP contribution in [0.4, 0.5) is 5.69 Å². The summed E-state index contributed by atoms with van der Waals surface area (Å²) in [4.78, 5) is 29.8. The highest BCUT2D eigenvalue weighted by Crippen LogP contribution is 2.23. The number of hydrogen-bond donors (Lipinski definition) is 0. The fourth-order valence-electron chi connectivity index (χ4n) is 4.74. The number of thiophene rings is 1. The van der Waals surface area contributed by atoms with Gasteiger partial charge in [-0.15, -0.1) is 21.5 Å². The van der Waals surface area contributed by atoms with Crippen molar-refractivity contribution in [2.45, 2.75) is 39.2 Å². The van der Waals surface area contributed by atoms with E-state index in [0.29, 0.717) is 29.7 Å². The third-order valence-electron chi connectivity index (χ3n) is 6.50. The number of amides is 1. The van der Waals surface area contributed by atoms with Gasteiger partial charge in [0.15, 0.2) is 0 Å². The summed E-state index contributed by atoms with van der Waals surface area (Å²) in [7, 11) is 1.72. The Balaban J connectivity index is 1.23. The molecule has 1 aromatic carbocycles. The highest BCUT2D eigenvalue weighted by molar-refractivity contribution is 7.17. The zero-order valence-electron chi connectivity index (χ0n) is 19.2. The van der Waals surface area contributed by atoms with Crippen LogP contribution in [0.3, 0.4) is 0 Å². The van der Waals surface area contributed by atoms with Crippen molar-refractivity contribution in [3.63, 3.8) is 0 Å². The van der Waals surface area contributed by atoms with Gasteiger partial charge in [-0.25, -0.2) is 0 Å². The van der Waals surface area contributed by atoms with Crippen molar-refractivity contribution in [2.24, 2.45) is 7.05 Å². The van der Waals surface area contributed by atoms with Crippen LogP contribution in [0.25, 0.3) is 16.0 Å². The number of fused-ring (bicyclic) bond motifs is 3. The number of carbonyl (C=O) groups is 1. The van der Waals surface area contributed by atoms with Gasteiger partial charge in [0.05, 0.1) is 5.52 Å². The standard InChI is InChI=1S/C24H28N6O2S/c1-16-6-4-7-18(14-16)29-12-11-28(15-17(29)2)21(31)9-5-8-20-25-26-24-27(3)23(32)22-19(30(20)24)10-13-33-22/h4,6-7,10,13-14,17H,5,8-9,11-12,15H2,1-3H3/t17-/m1/s1. The van der Waals surface area contributed by atoms with E-state index in [4.69, 9.17) is 0 Å². The highest BCUT2D eigenvalue weighted by Gasteiger charge is 2.26. The maximum Gasteiger partial charge on any atom is 0.272 e. The van der Waals surface area contributed by atoms with Gasteiger partial charge >= 0.3 is 0 Å². The molecule has 8 nitrogen and oxygen atoms in total. The number of carbonyl (C=O) groups excluding carboxylic acids is 1. The van der Waals surface area contributed by atoms with Crippen LogP contribution in [-0.4, -0.2) is 55.6 Å². The number of piperazine rings is 1. The molecular formula is C24H28N6O2S. The monoisotopic (exact) mass is 464 g/mol. The third kappa shape index (κ3) is 3.90. The molecule has 1 atom stereocenters. The number of rotatable bonds is 5. The quantitative estimate of drug-likeness (QED) is 0.454. The molecular weight excluding hydrogens is 436 g/mol. The Kier molecular flexibility index (Phi) is 5.65. The molecule has 4 heterocycles. The van der Waals surface area contributed by atoms with E-state index >= 15 is 0 Å². The van der Waals surface area contributed by atoms with E-state index in [-0.39, 0.29) is 17.5 Å². The summed E-state index contributed by atoms with van der Waals surface area (Å²) < 4.78 is 4.18. The molecule has 5 rings (SSSR count). The van der Waals surface area contributed by atoms with Gasteiger partial charge in [-0.05, 0) is 49.4 Å². The zero-order valence-corrected chi connectivity index (χ0v) is 20.0. The third-order valence-corrected chi connectivity index (χ3v) is 7.39. The van der Waals surface area contributed by atoms with Gasteiger partial charge in [-0.3, -0.25) is 18.6 Å². The normalized spacial score (nSPS) is 16.8. The van der Waals surface area contributed by atoms with E-state index in [1.165, 1.54) is 27.2 Å². The van der Waals surface area contributed by atoms with Crippen LogP contribution in [0.1, 0.15) is 31.2 Å². The van der Waals surface area contributed by atoms with E-state index < -0.39 is 0 Å². The van der Waals surface area contributed by atoms with E-state index in [1.807, 2.05) is 20.7 Å². The number of aromatic nitrogens is 4. The van der Waals surface area contributed by atoms with Gasteiger partial charge in [-0.2, -0.15) is 0 Å². The summed E-state index contributed by atoms with van der Waals surface area (Å²) >= 11 is 1.43. The highest BCUT2D eigenvalue weighted by atomic mass is 32.1. The van der Waals surface area contributed by atoms with Crippen molar-refractivity contribution in [1.82, 2.24) is 24.1 Å². The second-order valence-corrected chi connectivity index (χ2v) is 9.74. The average Bonchev–Trinajstić information content (AvgIpc) is 3.44. The predicted octanol–water partition coefficient (Wildman–Crippen LogP) is 3.01. The lowest BCUT2D eigenvalue weighted by Gasteiger charge is -2.41. The van der Waals surface area contributed by atoms with Crippen LogP contribution >= 0.6 is 11.3 Å². The summed E-state index contributed by atoms with van der Waals surface area (Å²) in [6.07, 6.45) is 1.81. The first-order chi connectivity index (χ1) is 15.9.